The lowest BCUT2D eigenvalue weighted by molar-refractivity contribution is -0.138. The molecule has 0 atom stereocenters. The van der Waals surface area contributed by atoms with Gasteiger partial charge >= 0.3 is 5.97 Å². The zero-order valence-corrected chi connectivity index (χ0v) is 8.38. The molecule has 1 aliphatic rings. The SMILES string of the molecule is CCOC(=O)C1=CCCN(C)CC1. The number of hydrogen-bond donors (Lipinski definition) is 0. The summed E-state index contributed by atoms with van der Waals surface area (Å²) in [5.41, 5.74) is 0.839. The van der Waals surface area contributed by atoms with Crippen LogP contribution in [0.1, 0.15) is 19.8 Å². The van der Waals surface area contributed by atoms with Gasteiger partial charge in [0.1, 0.15) is 0 Å². The van der Waals surface area contributed by atoms with E-state index >= 15 is 0 Å². The van der Waals surface area contributed by atoms with Crippen LogP contribution in [-0.4, -0.2) is 37.6 Å². The molecule has 0 N–H and O–H groups in total. The quantitative estimate of drug-likeness (QED) is 0.602. The Morgan fingerprint density at radius 1 is 1.62 bits per heavy atom. The normalized spacial score (nSPS) is 19.1. The standard InChI is InChI=1S/C10H17NO2/c1-3-13-10(12)9-5-4-7-11(2)8-6-9/h5H,3-4,6-8H2,1-2H3. The molecule has 0 saturated carbocycles. The number of esters is 1. The van der Waals surface area contributed by atoms with Crippen LogP contribution in [0.3, 0.4) is 0 Å². The van der Waals surface area contributed by atoms with Gasteiger partial charge in [-0.25, -0.2) is 4.79 Å². The monoisotopic (exact) mass is 183 g/mol. The average molecular weight is 183 g/mol. The molecule has 0 fully saturated rings. The van der Waals surface area contributed by atoms with Gasteiger partial charge in [-0.05, 0) is 26.8 Å². The predicted molar refractivity (Wildman–Crippen MR) is 51.4 cm³/mol. The van der Waals surface area contributed by atoms with Crippen LogP contribution in [0.5, 0.6) is 0 Å². The van der Waals surface area contributed by atoms with Crippen LogP contribution in [0.2, 0.25) is 0 Å². The largest absolute Gasteiger partial charge is 0.463 e. The van der Waals surface area contributed by atoms with Crippen molar-refractivity contribution in [2.45, 2.75) is 19.8 Å². The second-order valence-corrected chi connectivity index (χ2v) is 3.29. The molecular weight excluding hydrogens is 166 g/mol. The van der Waals surface area contributed by atoms with Gasteiger partial charge in [0.05, 0.1) is 6.61 Å². The Morgan fingerprint density at radius 2 is 2.38 bits per heavy atom. The Hall–Kier alpha value is -0.830. The molecule has 1 rings (SSSR count). The Balaban J connectivity index is 2.49. The summed E-state index contributed by atoms with van der Waals surface area (Å²) >= 11 is 0. The van der Waals surface area contributed by atoms with Crippen molar-refractivity contribution in [3.63, 3.8) is 0 Å². The second kappa shape index (κ2) is 5.02. The molecule has 0 amide bonds. The zero-order chi connectivity index (χ0) is 9.68. The summed E-state index contributed by atoms with van der Waals surface area (Å²) in [7, 11) is 2.07. The summed E-state index contributed by atoms with van der Waals surface area (Å²) in [4.78, 5) is 13.6. The van der Waals surface area contributed by atoms with Crippen molar-refractivity contribution >= 4 is 5.97 Å². The molecule has 0 aromatic rings. The first-order chi connectivity index (χ1) is 6.24. The molecular formula is C10H17NO2. The first-order valence-electron chi connectivity index (χ1n) is 4.78. The molecule has 3 heteroatoms. The van der Waals surface area contributed by atoms with E-state index < -0.39 is 0 Å². The minimum atomic E-state index is -0.141. The summed E-state index contributed by atoms with van der Waals surface area (Å²) in [5.74, 6) is -0.141. The van der Waals surface area contributed by atoms with E-state index in [9.17, 15) is 4.79 Å². The number of rotatable bonds is 2. The van der Waals surface area contributed by atoms with Crippen molar-refractivity contribution in [3.05, 3.63) is 11.6 Å². The maximum Gasteiger partial charge on any atom is 0.333 e. The van der Waals surface area contributed by atoms with Crippen LogP contribution in [0.4, 0.5) is 0 Å². The van der Waals surface area contributed by atoms with Crippen LogP contribution in [0.25, 0.3) is 0 Å². The lowest BCUT2D eigenvalue weighted by Crippen LogP contribution is -2.19. The first kappa shape index (κ1) is 10.3. The molecule has 0 aromatic heterocycles. The Bertz CT molecular complexity index is 211. The van der Waals surface area contributed by atoms with Gasteiger partial charge in [-0.15, -0.1) is 0 Å². The number of hydrogen-bond acceptors (Lipinski definition) is 3. The maximum atomic E-state index is 11.3. The number of carbonyl (C=O) groups is 1. The summed E-state index contributed by atoms with van der Waals surface area (Å²) in [5, 5.41) is 0. The van der Waals surface area contributed by atoms with Crippen LogP contribution >= 0.6 is 0 Å². The topological polar surface area (TPSA) is 29.5 Å². The minimum absolute atomic E-state index is 0.141. The highest BCUT2D eigenvalue weighted by Crippen LogP contribution is 2.11. The Labute approximate surface area is 79.4 Å². The molecule has 0 unspecified atom stereocenters. The van der Waals surface area contributed by atoms with Crippen molar-refractivity contribution in [1.29, 1.82) is 0 Å². The van der Waals surface area contributed by atoms with Gasteiger partial charge in [-0.1, -0.05) is 6.08 Å². The summed E-state index contributed by atoms with van der Waals surface area (Å²) in [6.45, 7) is 4.28. The molecule has 0 aliphatic carbocycles. The van der Waals surface area contributed by atoms with Crippen molar-refractivity contribution in [1.82, 2.24) is 4.90 Å². The lowest BCUT2D eigenvalue weighted by Gasteiger charge is -2.11. The third-order valence-electron chi connectivity index (χ3n) is 2.20. The van der Waals surface area contributed by atoms with Gasteiger partial charge in [0.15, 0.2) is 0 Å². The zero-order valence-electron chi connectivity index (χ0n) is 8.38. The molecule has 3 nitrogen and oxygen atoms in total. The van der Waals surface area contributed by atoms with E-state index in [2.05, 4.69) is 11.9 Å². The van der Waals surface area contributed by atoms with Gasteiger partial charge in [0.2, 0.25) is 0 Å². The van der Waals surface area contributed by atoms with E-state index in [1.54, 1.807) is 0 Å². The number of carbonyl (C=O) groups excluding carboxylic acids is 1. The van der Waals surface area contributed by atoms with Gasteiger partial charge in [-0.3, -0.25) is 0 Å². The average Bonchev–Trinajstić information content (AvgIpc) is 2.30. The molecule has 0 aromatic carbocycles. The van der Waals surface area contributed by atoms with Gasteiger partial charge in [0.25, 0.3) is 0 Å². The van der Waals surface area contributed by atoms with Crippen molar-refractivity contribution in [2.75, 3.05) is 26.7 Å². The van der Waals surface area contributed by atoms with E-state index in [1.807, 2.05) is 13.0 Å². The lowest BCUT2D eigenvalue weighted by atomic mass is 10.2. The molecule has 1 heterocycles. The molecule has 0 radical (unpaired) electrons. The van der Waals surface area contributed by atoms with E-state index in [0.29, 0.717) is 6.61 Å². The van der Waals surface area contributed by atoms with Crippen LogP contribution in [0, 0.1) is 0 Å². The van der Waals surface area contributed by atoms with Crippen molar-refractivity contribution in [2.24, 2.45) is 0 Å². The third-order valence-corrected chi connectivity index (χ3v) is 2.20. The maximum absolute atomic E-state index is 11.3. The van der Waals surface area contributed by atoms with Gasteiger partial charge in [-0.2, -0.15) is 0 Å². The second-order valence-electron chi connectivity index (χ2n) is 3.29. The fraction of sp³-hybridized carbons (Fsp3) is 0.700. The van der Waals surface area contributed by atoms with Gasteiger partial charge in [0, 0.05) is 18.7 Å². The Kier molecular flexibility index (Phi) is 3.96. The van der Waals surface area contributed by atoms with E-state index in [0.717, 1.165) is 31.5 Å². The summed E-state index contributed by atoms with van der Waals surface area (Å²) < 4.78 is 4.95. The fourth-order valence-electron chi connectivity index (χ4n) is 1.39. The molecule has 74 valence electrons. The van der Waals surface area contributed by atoms with Crippen molar-refractivity contribution < 1.29 is 9.53 Å². The van der Waals surface area contributed by atoms with E-state index in [4.69, 9.17) is 4.74 Å². The van der Waals surface area contributed by atoms with Crippen LogP contribution in [0.15, 0.2) is 11.6 Å². The minimum Gasteiger partial charge on any atom is -0.463 e. The smallest absolute Gasteiger partial charge is 0.333 e. The molecule has 0 spiro atoms. The molecule has 0 saturated heterocycles. The third kappa shape index (κ3) is 3.19. The fourth-order valence-corrected chi connectivity index (χ4v) is 1.39. The summed E-state index contributed by atoms with van der Waals surface area (Å²) in [6.07, 6.45) is 3.77. The molecule has 1 aliphatic heterocycles. The van der Waals surface area contributed by atoms with E-state index in [-0.39, 0.29) is 5.97 Å². The van der Waals surface area contributed by atoms with Crippen molar-refractivity contribution in [3.8, 4) is 0 Å². The van der Waals surface area contributed by atoms with E-state index in [1.165, 1.54) is 0 Å². The highest BCUT2D eigenvalue weighted by atomic mass is 16.5. The highest BCUT2D eigenvalue weighted by molar-refractivity contribution is 5.88. The molecule has 13 heavy (non-hydrogen) atoms. The van der Waals surface area contributed by atoms with Crippen LogP contribution in [-0.2, 0) is 9.53 Å². The first-order valence-corrected chi connectivity index (χ1v) is 4.78. The highest BCUT2D eigenvalue weighted by Gasteiger charge is 2.13. The molecule has 0 bridgehead atoms. The number of ether oxygens (including phenoxy) is 1. The number of nitrogens with zero attached hydrogens (tertiary/aromatic N) is 1. The predicted octanol–water partition coefficient (Wildman–Crippen LogP) is 1.20. The van der Waals surface area contributed by atoms with Crippen LogP contribution < -0.4 is 0 Å². The summed E-state index contributed by atoms with van der Waals surface area (Å²) in [6, 6.07) is 0. The van der Waals surface area contributed by atoms with Gasteiger partial charge < -0.3 is 9.64 Å². The Morgan fingerprint density at radius 3 is 3.08 bits per heavy atom.